The summed E-state index contributed by atoms with van der Waals surface area (Å²) in [5, 5.41) is 11.9. The Bertz CT molecular complexity index is 1030. The Balaban J connectivity index is 2.26. The molecule has 2 rings (SSSR count). The maximum absolute atomic E-state index is 12.4. The monoisotopic (exact) mass is 433 g/mol. The lowest BCUT2D eigenvalue weighted by atomic mass is 10.1. The Morgan fingerprint density at radius 3 is 2.66 bits per heavy atom. The first-order valence-electron chi connectivity index (χ1n) is 10.0. The predicted octanol–water partition coefficient (Wildman–Crippen LogP) is 3.56. The van der Waals surface area contributed by atoms with Gasteiger partial charge in [0, 0.05) is 18.2 Å². The number of benzene rings is 2. The molecule has 1 N–H and O–H groups in total. The van der Waals surface area contributed by atoms with Crippen molar-refractivity contribution < 1.29 is 19.0 Å². The lowest BCUT2D eigenvalue weighted by Gasteiger charge is -2.17. The number of hydrogen-bond acceptors (Lipinski definition) is 6. The van der Waals surface area contributed by atoms with Crippen LogP contribution in [0.3, 0.4) is 0 Å². The van der Waals surface area contributed by atoms with Crippen LogP contribution in [0, 0.1) is 23.7 Å². The van der Waals surface area contributed by atoms with Gasteiger partial charge in [0.25, 0.3) is 0 Å². The highest BCUT2D eigenvalue weighted by molar-refractivity contribution is 6.02. The smallest absolute Gasteiger partial charge is 0.248 e. The zero-order chi connectivity index (χ0) is 23.3. The van der Waals surface area contributed by atoms with Crippen LogP contribution in [0.1, 0.15) is 17.5 Å². The third-order valence-electron chi connectivity index (χ3n) is 4.34. The Kier molecular flexibility index (Phi) is 9.65. The molecule has 1 amide bonds. The molecule has 0 saturated carbocycles. The van der Waals surface area contributed by atoms with E-state index in [0.717, 1.165) is 13.0 Å². The molecule has 2 aromatic rings. The van der Waals surface area contributed by atoms with Gasteiger partial charge in [0.2, 0.25) is 11.7 Å². The minimum Gasteiger partial charge on any atom is -0.490 e. The third kappa shape index (κ3) is 7.09. The third-order valence-corrected chi connectivity index (χ3v) is 4.34. The maximum atomic E-state index is 12.4. The van der Waals surface area contributed by atoms with Crippen LogP contribution in [0.5, 0.6) is 17.2 Å². The van der Waals surface area contributed by atoms with Gasteiger partial charge >= 0.3 is 0 Å². The molecule has 0 radical (unpaired) electrons. The molecule has 0 aliphatic heterocycles. The molecule has 0 saturated heterocycles. The number of terminal acetylenes is 1. The molecule has 7 heteroatoms. The number of carbonyl (C=O) groups is 1. The van der Waals surface area contributed by atoms with Gasteiger partial charge in [0.1, 0.15) is 12.7 Å². The molecule has 0 aliphatic carbocycles. The van der Waals surface area contributed by atoms with Gasteiger partial charge in [-0.3, -0.25) is 4.79 Å². The van der Waals surface area contributed by atoms with E-state index in [1.807, 2.05) is 14.1 Å². The molecule has 0 bridgehead atoms. The molecule has 166 valence electrons. The van der Waals surface area contributed by atoms with Gasteiger partial charge in [0.15, 0.2) is 11.5 Å². The van der Waals surface area contributed by atoms with Crippen LogP contribution in [0.4, 0.5) is 5.69 Å². The first-order chi connectivity index (χ1) is 15.5. The van der Waals surface area contributed by atoms with E-state index in [1.165, 1.54) is 13.2 Å². The number of methoxy groups -OCH3 is 1. The lowest BCUT2D eigenvalue weighted by Crippen LogP contribution is -2.16. The average molecular weight is 434 g/mol. The van der Waals surface area contributed by atoms with Crippen molar-refractivity contribution in [2.24, 2.45) is 0 Å². The van der Waals surface area contributed by atoms with Gasteiger partial charge in [-0.05, 0) is 50.9 Å². The second kappa shape index (κ2) is 12.7. The van der Waals surface area contributed by atoms with E-state index in [-0.39, 0.29) is 12.5 Å². The van der Waals surface area contributed by atoms with Gasteiger partial charge < -0.3 is 24.4 Å². The number of nitrogens with zero attached hydrogens (tertiary/aromatic N) is 2. The van der Waals surface area contributed by atoms with Crippen molar-refractivity contribution in [1.29, 1.82) is 5.26 Å². The molecule has 0 atom stereocenters. The van der Waals surface area contributed by atoms with Gasteiger partial charge in [-0.25, -0.2) is 0 Å². The maximum Gasteiger partial charge on any atom is 0.248 e. The quantitative estimate of drug-likeness (QED) is 0.331. The zero-order valence-corrected chi connectivity index (χ0v) is 18.6. The van der Waals surface area contributed by atoms with Crippen molar-refractivity contribution in [2.45, 2.75) is 6.42 Å². The fourth-order valence-corrected chi connectivity index (χ4v) is 2.85. The van der Waals surface area contributed by atoms with Crippen LogP contribution in [0.15, 0.2) is 42.5 Å². The van der Waals surface area contributed by atoms with E-state index in [0.29, 0.717) is 40.7 Å². The molecule has 0 spiro atoms. The summed E-state index contributed by atoms with van der Waals surface area (Å²) in [6, 6.07) is 12.3. The van der Waals surface area contributed by atoms with Crippen LogP contribution in [0.25, 0.3) is 6.08 Å². The second-order valence-electron chi connectivity index (χ2n) is 6.99. The summed E-state index contributed by atoms with van der Waals surface area (Å²) >= 11 is 0. The summed E-state index contributed by atoms with van der Waals surface area (Å²) in [5.74, 6) is 3.37. The predicted molar refractivity (Wildman–Crippen MR) is 125 cm³/mol. The normalized spacial score (nSPS) is 10.4. The summed E-state index contributed by atoms with van der Waals surface area (Å²) in [6.45, 7) is 1.41. The number of nitrogens with one attached hydrogen (secondary N) is 1. The standard InChI is InChI=1S/C25H27N3O4/c1-5-16-31-22-13-11-19(24(25(22)30-4)32-17-8-15-28(2)3)12-14-23(29)27-21-10-7-6-9-20(21)18-26/h1,6-7,9-14H,8,15-17H2,2-4H3,(H,27,29)/b14-12+. The van der Waals surface area contributed by atoms with Crippen molar-refractivity contribution in [1.82, 2.24) is 4.90 Å². The van der Waals surface area contributed by atoms with Crippen LogP contribution >= 0.6 is 0 Å². The van der Waals surface area contributed by atoms with Crippen molar-refractivity contribution >= 4 is 17.7 Å². The number of anilines is 1. The Hall–Kier alpha value is -3.94. The Morgan fingerprint density at radius 1 is 1.19 bits per heavy atom. The van der Waals surface area contributed by atoms with E-state index in [2.05, 4.69) is 22.2 Å². The molecule has 32 heavy (non-hydrogen) atoms. The fourth-order valence-electron chi connectivity index (χ4n) is 2.85. The van der Waals surface area contributed by atoms with E-state index >= 15 is 0 Å². The highest BCUT2D eigenvalue weighted by atomic mass is 16.5. The van der Waals surface area contributed by atoms with Crippen molar-refractivity contribution in [3.63, 3.8) is 0 Å². The van der Waals surface area contributed by atoms with Gasteiger partial charge in [-0.15, -0.1) is 6.42 Å². The number of carbonyl (C=O) groups excluding carboxylic acids is 1. The van der Waals surface area contributed by atoms with Crippen LogP contribution in [-0.2, 0) is 4.79 Å². The van der Waals surface area contributed by atoms with Gasteiger partial charge in [0.05, 0.1) is 25.0 Å². The Morgan fingerprint density at radius 2 is 1.97 bits per heavy atom. The zero-order valence-electron chi connectivity index (χ0n) is 18.6. The van der Waals surface area contributed by atoms with E-state index in [4.69, 9.17) is 20.6 Å². The van der Waals surface area contributed by atoms with Gasteiger partial charge in [-0.2, -0.15) is 5.26 Å². The molecule has 0 aromatic heterocycles. The first kappa shape index (κ1) is 24.3. The Labute approximate surface area is 189 Å². The van der Waals surface area contributed by atoms with Crippen LogP contribution in [0.2, 0.25) is 0 Å². The minimum atomic E-state index is -0.377. The topological polar surface area (TPSA) is 83.8 Å². The highest BCUT2D eigenvalue weighted by Crippen LogP contribution is 2.40. The number of hydrogen-bond donors (Lipinski definition) is 1. The molecule has 0 heterocycles. The van der Waals surface area contributed by atoms with Crippen molar-refractivity contribution in [3.8, 4) is 35.7 Å². The molecule has 7 nitrogen and oxygen atoms in total. The highest BCUT2D eigenvalue weighted by Gasteiger charge is 2.16. The molecule has 2 aromatic carbocycles. The molecule has 0 unspecified atom stereocenters. The average Bonchev–Trinajstić information content (AvgIpc) is 2.79. The number of nitriles is 1. The fraction of sp³-hybridized carbons (Fsp3) is 0.280. The number of para-hydroxylation sites is 1. The summed E-state index contributed by atoms with van der Waals surface area (Å²) in [5.41, 5.74) is 1.47. The van der Waals surface area contributed by atoms with E-state index in [9.17, 15) is 10.1 Å². The summed E-state index contributed by atoms with van der Waals surface area (Å²) in [4.78, 5) is 14.5. The number of rotatable bonds is 11. The summed E-state index contributed by atoms with van der Waals surface area (Å²) in [6.07, 6.45) is 9.10. The molecule has 0 aliphatic rings. The molecular weight excluding hydrogens is 406 g/mol. The van der Waals surface area contributed by atoms with Crippen molar-refractivity contribution in [3.05, 3.63) is 53.6 Å². The number of ether oxygens (including phenoxy) is 3. The van der Waals surface area contributed by atoms with Crippen LogP contribution in [-0.4, -0.2) is 51.8 Å². The van der Waals surface area contributed by atoms with E-state index < -0.39 is 0 Å². The van der Waals surface area contributed by atoms with E-state index in [1.54, 1.807) is 42.5 Å². The SMILES string of the molecule is C#CCOc1ccc(/C=C/C(=O)Nc2ccccc2C#N)c(OCCCN(C)C)c1OC. The first-order valence-corrected chi connectivity index (χ1v) is 10.0. The van der Waals surface area contributed by atoms with Gasteiger partial charge in [-0.1, -0.05) is 18.1 Å². The second-order valence-corrected chi connectivity index (χ2v) is 6.99. The number of amides is 1. The lowest BCUT2D eigenvalue weighted by molar-refractivity contribution is -0.111. The van der Waals surface area contributed by atoms with Crippen LogP contribution < -0.4 is 19.5 Å². The molecular formula is C25H27N3O4. The van der Waals surface area contributed by atoms with Crippen molar-refractivity contribution in [2.75, 3.05) is 46.3 Å². The summed E-state index contributed by atoms with van der Waals surface area (Å²) in [7, 11) is 5.50. The molecule has 0 fully saturated rings. The largest absolute Gasteiger partial charge is 0.490 e. The minimum absolute atomic E-state index is 0.0896. The summed E-state index contributed by atoms with van der Waals surface area (Å²) < 4.78 is 17.1.